The third-order valence-electron chi connectivity index (χ3n) is 3.73. The van der Waals surface area contributed by atoms with Crippen molar-refractivity contribution < 1.29 is 9.53 Å². The van der Waals surface area contributed by atoms with E-state index < -0.39 is 0 Å². The molecule has 0 unspecified atom stereocenters. The summed E-state index contributed by atoms with van der Waals surface area (Å²) in [6.07, 6.45) is 5.98. The maximum Gasteiger partial charge on any atom is 0.149 e. The summed E-state index contributed by atoms with van der Waals surface area (Å²) < 4.78 is 5.10. The molecular weight excluding hydrogens is 214 g/mol. The fourth-order valence-electron chi connectivity index (χ4n) is 2.48. The van der Waals surface area contributed by atoms with Gasteiger partial charge in [0.05, 0.1) is 13.2 Å². The third-order valence-corrected chi connectivity index (χ3v) is 3.73. The molecule has 1 fully saturated rings. The van der Waals surface area contributed by atoms with Crippen molar-refractivity contribution in [2.75, 3.05) is 26.8 Å². The minimum Gasteiger partial charge on any atom is -0.383 e. The van der Waals surface area contributed by atoms with E-state index in [1.165, 1.54) is 19.3 Å². The van der Waals surface area contributed by atoms with E-state index >= 15 is 0 Å². The summed E-state index contributed by atoms with van der Waals surface area (Å²) >= 11 is 0. The quantitative estimate of drug-likeness (QED) is 0.686. The first kappa shape index (κ1) is 14.7. The molecule has 0 saturated heterocycles. The Bertz CT molecular complexity index is 222. The lowest BCUT2D eigenvalue weighted by Gasteiger charge is -2.28. The molecule has 0 aromatic rings. The number of Topliss-reactive ketones (excluding diaryl/α,β-unsaturated/α-hetero) is 1. The molecule has 0 spiro atoms. The fourth-order valence-corrected chi connectivity index (χ4v) is 2.48. The van der Waals surface area contributed by atoms with Crippen LogP contribution in [0.2, 0.25) is 0 Å². The number of hydrogen-bond acceptors (Lipinski definition) is 3. The first-order valence-electron chi connectivity index (χ1n) is 6.91. The number of ketones is 1. The Morgan fingerprint density at radius 2 is 1.94 bits per heavy atom. The maximum atomic E-state index is 12.2. The van der Waals surface area contributed by atoms with Crippen molar-refractivity contribution in [3.63, 3.8) is 0 Å². The highest BCUT2D eigenvalue weighted by Crippen LogP contribution is 2.24. The van der Waals surface area contributed by atoms with E-state index in [9.17, 15) is 4.79 Å². The average Bonchev–Trinajstić information content (AvgIpc) is 2.35. The van der Waals surface area contributed by atoms with Gasteiger partial charge in [0.15, 0.2) is 0 Å². The van der Waals surface area contributed by atoms with Gasteiger partial charge in [-0.25, -0.2) is 0 Å². The third kappa shape index (κ3) is 5.17. The number of ether oxygens (including phenoxy) is 1. The number of carbonyl (C=O) groups excluding carboxylic acids is 1. The van der Waals surface area contributed by atoms with Crippen LogP contribution in [0.4, 0.5) is 0 Å². The van der Waals surface area contributed by atoms with Gasteiger partial charge in [-0.2, -0.15) is 0 Å². The van der Waals surface area contributed by atoms with E-state index in [1.54, 1.807) is 7.11 Å². The normalized spacial score (nSPS) is 17.9. The summed E-state index contributed by atoms with van der Waals surface area (Å²) in [5.41, 5.74) is 0. The van der Waals surface area contributed by atoms with E-state index in [1.807, 2.05) is 0 Å². The molecule has 3 nitrogen and oxygen atoms in total. The number of methoxy groups -OCH3 is 1. The zero-order valence-electron chi connectivity index (χ0n) is 11.6. The van der Waals surface area contributed by atoms with Gasteiger partial charge in [0, 0.05) is 25.6 Å². The summed E-state index contributed by atoms with van der Waals surface area (Å²) in [5, 5.41) is 0. The molecule has 0 heterocycles. The summed E-state index contributed by atoms with van der Waals surface area (Å²) in [7, 11) is 1.71. The van der Waals surface area contributed by atoms with Crippen molar-refractivity contribution in [3.05, 3.63) is 0 Å². The molecular formula is C14H27NO2. The highest BCUT2D eigenvalue weighted by atomic mass is 16.5. The van der Waals surface area contributed by atoms with Gasteiger partial charge in [-0.15, -0.1) is 0 Å². The van der Waals surface area contributed by atoms with Gasteiger partial charge in [0.2, 0.25) is 0 Å². The van der Waals surface area contributed by atoms with E-state index in [-0.39, 0.29) is 0 Å². The van der Waals surface area contributed by atoms with E-state index in [2.05, 4.69) is 18.7 Å². The lowest BCUT2D eigenvalue weighted by atomic mass is 9.86. The molecule has 1 aliphatic carbocycles. The molecule has 0 aliphatic heterocycles. The molecule has 100 valence electrons. The lowest BCUT2D eigenvalue weighted by Crippen LogP contribution is -2.40. The molecule has 17 heavy (non-hydrogen) atoms. The Kier molecular flexibility index (Phi) is 6.75. The minimum atomic E-state index is 0.326. The number of rotatable bonds is 7. The van der Waals surface area contributed by atoms with E-state index in [4.69, 9.17) is 4.74 Å². The zero-order chi connectivity index (χ0) is 12.7. The van der Waals surface area contributed by atoms with Crippen molar-refractivity contribution >= 4 is 5.78 Å². The standard InChI is InChI=1S/C14H27NO2/c1-12(2)15(9-10-17-3)11-14(16)13-7-5-4-6-8-13/h12-13H,4-11H2,1-3H3. The van der Waals surface area contributed by atoms with Gasteiger partial charge in [0.1, 0.15) is 5.78 Å². The van der Waals surface area contributed by atoms with Crippen molar-refractivity contribution in [1.29, 1.82) is 0 Å². The van der Waals surface area contributed by atoms with Crippen LogP contribution in [-0.4, -0.2) is 43.5 Å². The number of carbonyl (C=O) groups is 1. The molecule has 1 saturated carbocycles. The smallest absolute Gasteiger partial charge is 0.149 e. The highest BCUT2D eigenvalue weighted by molar-refractivity contribution is 5.83. The Balaban J connectivity index is 2.39. The molecule has 0 aromatic heterocycles. The van der Waals surface area contributed by atoms with Gasteiger partial charge in [-0.05, 0) is 26.7 Å². The minimum absolute atomic E-state index is 0.326. The highest BCUT2D eigenvalue weighted by Gasteiger charge is 2.23. The van der Waals surface area contributed by atoms with Crippen LogP contribution in [0.1, 0.15) is 46.0 Å². The summed E-state index contributed by atoms with van der Waals surface area (Å²) in [5.74, 6) is 0.766. The topological polar surface area (TPSA) is 29.5 Å². The van der Waals surface area contributed by atoms with Gasteiger partial charge in [0.25, 0.3) is 0 Å². The van der Waals surface area contributed by atoms with Crippen LogP contribution in [0.25, 0.3) is 0 Å². The SMILES string of the molecule is COCCN(CC(=O)C1CCCCC1)C(C)C. The second-order valence-electron chi connectivity index (χ2n) is 5.36. The van der Waals surface area contributed by atoms with Crippen LogP contribution in [-0.2, 0) is 9.53 Å². The van der Waals surface area contributed by atoms with Gasteiger partial charge >= 0.3 is 0 Å². The molecule has 0 amide bonds. The molecule has 0 radical (unpaired) electrons. The fraction of sp³-hybridized carbons (Fsp3) is 0.929. The molecule has 1 rings (SSSR count). The Labute approximate surface area is 106 Å². The maximum absolute atomic E-state index is 12.2. The number of hydrogen-bond donors (Lipinski definition) is 0. The number of nitrogens with zero attached hydrogens (tertiary/aromatic N) is 1. The van der Waals surface area contributed by atoms with Gasteiger partial charge < -0.3 is 4.74 Å². The molecule has 0 aromatic carbocycles. The van der Waals surface area contributed by atoms with Gasteiger partial charge in [-0.3, -0.25) is 9.69 Å². The van der Waals surface area contributed by atoms with Crippen LogP contribution in [0.5, 0.6) is 0 Å². The Morgan fingerprint density at radius 1 is 1.29 bits per heavy atom. The second-order valence-corrected chi connectivity index (χ2v) is 5.36. The van der Waals surface area contributed by atoms with E-state index in [0.717, 1.165) is 19.4 Å². The van der Waals surface area contributed by atoms with Crippen LogP contribution in [0.3, 0.4) is 0 Å². The lowest BCUT2D eigenvalue weighted by molar-refractivity contribution is -0.125. The van der Waals surface area contributed by atoms with Gasteiger partial charge in [-0.1, -0.05) is 19.3 Å². The largest absolute Gasteiger partial charge is 0.383 e. The van der Waals surface area contributed by atoms with Crippen molar-refractivity contribution in [2.24, 2.45) is 5.92 Å². The molecule has 0 N–H and O–H groups in total. The first-order valence-corrected chi connectivity index (χ1v) is 6.91. The molecule has 0 atom stereocenters. The summed E-state index contributed by atoms with van der Waals surface area (Å²) in [4.78, 5) is 14.4. The van der Waals surface area contributed by atoms with E-state index in [0.29, 0.717) is 30.9 Å². The summed E-state index contributed by atoms with van der Waals surface area (Å²) in [6, 6.07) is 0.415. The van der Waals surface area contributed by atoms with Crippen LogP contribution in [0, 0.1) is 5.92 Å². The first-order chi connectivity index (χ1) is 8.15. The Morgan fingerprint density at radius 3 is 2.47 bits per heavy atom. The molecule has 3 heteroatoms. The van der Waals surface area contributed by atoms with Crippen molar-refractivity contribution in [3.8, 4) is 0 Å². The van der Waals surface area contributed by atoms with Crippen molar-refractivity contribution in [2.45, 2.75) is 52.0 Å². The second kappa shape index (κ2) is 7.83. The summed E-state index contributed by atoms with van der Waals surface area (Å²) in [6.45, 7) is 6.45. The predicted molar refractivity (Wildman–Crippen MR) is 70.2 cm³/mol. The van der Waals surface area contributed by atoms with Crippen LogP contribution >= 0.6 is 0 Å². The van der Waals surface area contributed by atoms with Crippen LogP contribution < -0.4 is 0 Å². The van der Waals surface area contributed by atoms with Crippen molar-refractivity contribution in [1.82, 2.24) is 4.90 Å². The molecule has 1 aliphatic rings. The zero-order valence-corrected chi connectivity index (χ0v) is 11.6. The molecule has 0 bridgehead atoms. The van der Waals surface area contributed by atoms with Crippen LogP contribution in [0.15, 0.2) is 0 Å². The Hall–Kier alpha value is -0.410. The average molecular weight is 241 g/mol. The predicted octanol–water partition coefficient (Wildman–Crippen LogP) is 2.49. The monoisotopic (exact) mass is 241 g/mol.